The summed E-state index contributed by atoms with van der Waals surface area (Å²) in [6, 6.07) is -0.154. The van der Waals surface area contributed by atoms with Crippen molar-refractivity contribution in [2.24, 2.45) is 5.41 Å². The molecule has 1 aliphatic carbocycles. The molecule has 1 N–H and O–H groups in total. The van der Waals surface area contributed by atoms with Gasteiger partial charge < -0.3 is 14.4 Å². The Morgan fingerprint density at radius 1 is 1.25 bits per heavy atom. The third-order valence-corrected chi connectivity index (χ3v) is 8.28. The number of nitrogens with zero attached hydrogens (tertiary/aromatic N) is 3. The largest absolute Gasteiger partial charge is 0.479 e. The fourth-order valence-corrected chi connectivity index (χ4v) is 6.28. The minimum absolute atomic E-state index is 0.00601. The number of thiazole rings is 1. The van der Waals surface area contributed by atoms with Crippen LogP contribution in [-0.2, 0) is 4.74 Å². The van der Waals surface area contributed by atoms with E-state index in [1.807, 2.05) is 4.90 Å². The second-order valence-electron chi connectivity index (χ2n) is 9.26. The van der Waals surface area contributed by atoms with Crippen LogP contribution in [0, 0.1) is 5.41 Å². The lowest BCUT2D eigenvalue weighted by Gasteiger charge is -2.33. The third-order valence-electron chi connectivity index (χ3n) is 7.26. The van der Waals surface area contributed by atoms with E-state index in [1.165, 1.54) is 18.4 Å². The van der Waals surface area contributed by atoms with Crippen molar-refractivity contribution >= 4 is 32.7 Å². The Hall–Kier alpha value is -2.07. The number of pyridine rings is 1. The fraction of sp³-hybridized carbons (Fsp3) is 0.682. The molecule has 7 nitrogen and oxygen atoms in total. The maximum atomic E-state index is 13.6. The van der Waals surface area contributed by atoms with Gasteiger partial charge in [-0.05, 0) is 49.0 Å². The standard InChI is InChI=1S/C22H28F2N4O3S/c1-30-18-16-17(15(12-25-18)14-2-4-22(23,24)5-3-14)32-19(26-16)27-20(29)28-9-6-21(13-28)7-10-31-11-8-21/h12,14H,2-11,13H2,1H3,(H,26,27,29). The highest BCUT2D eigenvalue weighted by Gasteiger charge is 2.41. The van der Waals surface area contributed by atoms with Crippen molar-refractivity contribution < 1.29 is 23.0 Å². The van der Waals surface area contributed by atoms with Crippen LogP contribution >= 0.6 is 11.3 Å². The number of urea groups is 1. The fourth-order valence-electron chi connectivity index (χ4n) is 5.25. The molecule has 3 fully saturated rings. The van der Waals surface area contributed by atoms with Crippen molar-refractivity contribution in [1.29, 1.82) is 0 Å². The first kappa shape index (κ1) is 21.8. The van der Waals surface area contributed by atoms with Gasteiger partial charge in [-0.25, -0.2) is 23.5 Å². The number of ether oxygens (including phenoxy) is 2. The molecule has 2 aromatic rings. The third kappa shape index (κ3) is 4.14. The quantitative estimate of drug-likeness (QED) is 0.687. The van der Waals surface area contributed by atoms with Gasteiger partial charge in [-0.15, -0.1) is 0 Å². The van der Waals surface area contributed by atoms with Crippen LogP contribution in [0.25, 0.3) is 10.2 Å². The molecule has 0 aromatic carbocycles. The van der Waals surface area contributed by atoms with E-state index in [0.717, 1.165) is 55.8 Å². The Bertz CT molecular complexity index is 998. The number of nitrogens with one attached hydrogen (secondary N) is 1. The van der Waals surface area contributed by atoms with E-state index in [9.17, 15) is 13.6 Å². The van der Waals surface area contributed by atoms with Crippen molar-refractivity contribution in [2.75, 3.05) is 38.7 Å². The van der Waals surface area contributed by atoms with E-state index >= 15 is 0 Å². The van der Waals surface area contributed by atoms with Gasteiger partial charge in [0.15, 0.2) is 5.13 Å². The lowest BCUT2D eigenvalue weighted by molar-refractivity contribution is -0.0381. The monoisotopic (exact) mass is 466 g/mol. The van der Waals surface area contributed by atoms with Crippen molar-refractivity contribution in [1.82, 2.24) is 14.9 Å². The normalized spacial score (nSPS) is 23.0. The SMILES string of the molecule is COc1ncc(C2CCC(F)(F)CC2)c2sc(NC(=O)N3CCC4(CCOCC4)C3)nc12. The van der Waals surface area contributed by atoms with Gasteiger partial charge in [0, 0.05) is 45.3 Å². The van der Waals surface area contributed by atoms with Gasteiger partial charge in [0.25, 0.3) is 0 Å². The molecule has 0 unspecified atom stereocenters. The van der Waals surface area contributed by atoms with E-state index in [1.54, 1.807) is 6.20 Å². The summed E-state index contributed by atoms with van der Waals surface area (Å²) < 4.78 is 39.0. The molecule has 2 aromatic heterocycles. The van der Waals surface area contributed by atoms with Crippen LogP contribution in [0.5, 0.6) is 5.88 Å². The molecule has 0 radical (unpaired) electrons. The Kier molecular flexibility index (Phi) is 5.69. The second-order valence-corrected chi connectivity index (χ2v) is 10.3. The Morgan fingerprint density at radius 3 is 2.72 bits per heavy atom. The zero-order chi connectivity index (χ0) is 22.3. The molecule has 32 heavy (non-hydrogen) atoms. The number of fused-ring (bicyclic) bond motifs is 1. The molecule has 10 heteroatoms. The smallest absolute Gasteiger partial charge is 0.323 e. The number of carbonyl (C=O) groups excluding carboxylic acids is 1. The predicted octanol–water partition coefficient (Wildman–Crippen LogP) is 5.03. The van der Waals surface area contributed by atoms with Crippen molar-refractivity contribution in [2.45, 2.75) is 56.8 Å². The summed E-state index contributed by atoms with van der Waals surface area (Å²) >= 11 is 1.36. The lowest BCUT2D eigenvalue weighted by atomic mass is 9.80. The number of rotatable bonds is 3. The molecule has 174 valence electrons. The van der Waals surface area contributed by atoms with Crippen LogP contribution < -0.4 is 10.1 Å². The highest BCUT2D eigenvalue weighted by Crippen LogP contribution is 2.45. The lowest BCUT2D eigenvalue weighted by Crippen LogP contribution is -2.37. The minimum atomic E-state index is -2.58. The highest BCUT2D eigenvalue weighted by molar-refractivity contribution is 7.22. The van der Waals surface area contributed by atoms with Gasteiger partial charge in [-0.1, -0.05) is 11.3 Å². The van der Waals surface area contributed by atoms with Gasteiger partial charge in [-0.2, -0.15) is 0 Å². The van der Waals surface area contributed by atoms with E-state index in [4.69, 9.17) is 9.47 Å². The Morgan fingerprint density at radius 2 is 2.00 bits per heavy atom. The molecule has 0 atom stereocenters. The highest BCUT2D eigenvalue weighted by atomic mass is 32.1. The number of carbonyl (C=O) groups is 1. The van der Waals surface area contributed by atoms with Gasteiger partial charge in [0.05, 0.1) is 11.8 Å². The molecule has 0 bridgehead atoms. The number of anilines is 1. The molecular weight excluding hydrogens is 438 g/mol. The number of alkyl halides is 2. The summed E-state index contributed by atoms with van der Waals surface area (Å²) in [6.45, 7) is 2.98. The zero-order valence-corrected chi connectivity index (χ0v) is 19.0. The number of methoxy groups -OCH3 is 1. The van der Waals surface area contributed by atoms with Crippen LogP contribution in [0.15, 0.2) is 6.20 Å². The van der Waals surface area contributed by atoms with Crippen LogP contribution in [-0.4, -0.2) is 60.2 Å². The van der Waals surface area contributed by atoms with Gasteiger partial charge in [0.2, 0.25) is 11.8 Å². The average molecular weight is 467 g/mol. The second kappa shape index (κ2) is 8.37. The van der Waals surface area contributed by atoms with Crippen LogP contribution in [0.1, 0.15) is 56.4 Å². The molecular formula is C22H28F2N4O3S. The summed E-state index contributed by atoms with van der Waals surface area (Å²) in [4.78, 5) is 23.8. The summed E-state index contributed by atoms with van der Waals surface area (Å²) in [5.74, 6) is -2.20. The first-order valence-electron chi connectivity index (χ1n) is 11.2. The maximum Gasteiger partial charge on any atom is 0.323 e. The molecule has 2 amide bonds. The summed E-state index contributed by atoms with van der Waals surface area (Å²) in [6.07, 6.45) is 5.29. The zero-order valence-electron chi connectivity index (χ0n) is 18.2. The van der Waals surface area contributed by atoms with Crippen molar-refractivity contribution in [3.8, 4) is 5.88 Å². The number of likely N-dealkylation sites (tertiary alicyclic amines) is 1. The van der Waals surface area contributed by atoms with Crippen molar-refractivity contribution in [3.05, 3.63) is 11.8 Å². The molecule has 2 aliphatic heterocycles. The molecule has 1 spiro atoms. The summed E-state index contributed by atoms with van der Waals surface area (Å²) in [7, 11) is 1.53. The van der Waals surface area contributed by atoms with Gasteiger partial charge in [-0.3, -0.25) is 5.32 Å². The minimum Gasteiger partial charge on any atom is -0.479 e. The first-order chi connectivity index (χ1) is 15.4. The van der Waals surface area contributed by atoms with Gasteiger partial charge in [0.1, 0.15) is 5.52 Å². The van der Waals surface area contributed by atoms with Crippen molar-refractivity contribution in [3.63, 3.8) is 0 Å². The number of amides is 2. The van der Waals surface area contributed by atoms with Crippen LogP contribution in [0.4, 0.5) is 18.7 Å². The molecule has 4 heterocycles. The van der Waals surface area contributed by atoms with Crippen LogP contribution in [0.2, 0.25) is 0 Å². The Balaban J connectivity index is 1.35. The summed E-state index contributed by atoms with van der Waals surface area (Å²) in [5, 5.41) is 3.43. The number of hydrogen-bond acceptors (Lipinski definition) is 6. The Labute approximate surface area is 189 Å². The van der Waals surface area contributed by atoms with E-state index in [2.05, 4.69) is 15.3 Å². The van der Waals surface area contributed by atoms with E-state index in [0.29, 0.717) is 29.4 Å². The van der Waals surface area contributed by atoms with E-state index in [-0.39, 0.29) is 30.2 Å². The van der Waals surface area contributed by atoms with Crippen LogP contribution in [0.3, 0.4) is 0 Å². The molecule has 1 saturated carbocycles. The number of hydrogen-bond donors (Lipinski definition) is 1. The summed E-state index contributed by atoms with van der Waals surface area (Å²) in [5.41, 5.74) is 1.66. The number of aromatic nitrogens is 2. The molecule has 2 saturated heterocycles. The molecule has 3 aliphatic rings. The molecule has 5 rings (SSSR count). The predicted molar refractivity (Wildman–Crippen MR) is 118 cm³/mol. The average Bonchev–Trinajstić information content (AvgIpc) is 3.38. The van der Waals surface area contributed by atoms with Gasteiger partial charge >= 0.3 is 6.03 Å². The van der Waals surface area contributed by atoms with E-state index < -0.39 is 5.92 Å². The number of halogens is 2. The topological polar surface area (TPSA) is 76.6 Å². The maximum absolute atomic E-state index is 13.6. The first-order valence-corrected chi connectivity index (χ1v) is 12.0.